The van der Waals surface area contributed by atoms with Crippen molar-refractivity contribution in [3.8, 4) is 5.75 Å². The van der Waals surface area contributed by atoms with Crippen LogP contribution in [0, 0.1) is 0 Å². The van der Waals surface area contributed by atoms with Crippen LogP contribution in [0.3, 0.4) is 0 Å². The predicted octanol–water partition coefficient (Wildman–Crippen LogP) is 4.40. The molecule has 160 valence electrons. The first-order valence-electron chi connectivity index (χ1n) is 9.67. The van der Waals surface area contributed by atoms with Crippen LogP contribution in [0.1, 0.15) is 1.43 Å². The normalized spacial score (nSPS) is 11.4. The molecule has 0 saturated carbocycles. The number of benzene rings is 4. The molecule has 0 spiro atoms. The largest absolute Gasteiger partial charge is 1.00 e. The van der Waals surface area contributed by atoms with E-state index in [1.54, 1.807) is 24.3 Å². The molecule has 0 N–H and O–H groups in total. The number of nitrogens with zero attached hydrogens (tertiary/aromatic N) is 4. The van der Waals surface area contributed by atoms with Gasteiger partial charge in [0, 0.05) is 0 Å². The van der Waals surface area contributed by atoms with Crippen molar-refractivity contribution in [2.24, 2.45) is 20.5 Å². The number of hydrogen-bond acceptors (Lipinski definition) is 7. The Morgan fingerprint density at radius 2 is 0.879 bits per heavy atom. The van der Waals surface area contributed by atoms with Crippen LogP contribution in [-0.2, 0) is 10.1 Å². The minimum absolute atomic E-state index is 0. The summed E-state index contributed by atoms with van der Waals surface area (Å²) in [6.07, 6.45) is 0. The average Bonchev–Trinajstić information content (AvgIpc) is 2.84. The fraction of sp³-hybridized carbons (Fsp3) is 0. The second-order valence-corrected chi connectivity index (χ2v) is 8.14. The van der Waals surface area contributed by atoms with Gasteiger partial charge in [-0.25, -0.2) is 0 Å². The molecule has 0 aliphatic rings. The van der Waals surface area contributed by atoms with Crippen molar-refractivity contribution in [3.05, 3.63) is 109 Å². The Hall–Kier alpha value is -3.17. The van der Waals surface area contributed by atoms with Gasteiger partial charge in [0.1, 0.15) is 10.6 Å². The van der Waals surface area contributed by atoms with E-state index in [1.165, 1.54) is 24.3 Å². The Morgan fingerprint density at radius 3 is 1.30 bits per heavy atom. The molecule has 4 aromatic carbocycles. The van der Waals surface area contributed by atoms with Crippen LogP contribution in [0.4, 0.5) is 22.7 Å². The zero-order valence-electron chi connectivity index (χ0n) is 18.8. The molecule has 0 saturated heterocycles. The molecule has 0 aliphatic carbocycles. The van der Waals surface area contributed by atoms with E-state index in [4.69, 9.17) is 4.18 Å². The third kappa shape index (κ3) is 7.16. The van der Waals surface area contributed by atoms with Crippen LogP contribution in [-0.4, -0.2) is 8.42 Å². The summed E-state index contributed by atoms with van der Waals surface area (Å²) in [6, 6.07) is 30.9. The molecule has 0 aliphatic heterocycles. The first-order chi connectivity index (χ1) is 15.6. The molecule has 0 aromatic heterocycles. The third-order valence-electron chi connectivity index (χ3n) is 4.24. The van der Waals surface area contributed by atoms with Crippen molar-refractivity contribution in [2.75, 3.05) is 0 Å². The summed E-state index contributed by atoms with van der Waals surface area (Å²) in [7, 11) is -3.99. The smallest absolute Gasteiger partial charge is 1.00 e. The van der Waals surface area contributed by atoms with Crippen molar-refractivity contribution in [3.63, 3.8) is 0 Å². The fourth-order valence-corrected chi connectivity index (χ4v) is 3.57. The average molecular weight is 466 g/mol. The van der Waals surface area contributed by atoms with Gasteiger partial charge in [-0.05, 0) is 72.8 Å². The van der Waals surface area contributed by atoms with Crippen LogP contribution >= 0.6 is 0 Å². The molecule has 0 atom stereocenters. The number of hydrogen-bond donors (Lipinski definition) is 0. The quantitative estimate of drug-likeness (QED) is 0.230. The molecular weight excluding hydrogens is 447 g/mol. The van der Waals surface area contributed by atoms with Crippen LogP contribution in [0.5, 0.6) is 5.75 Å². The maximum Gasteiger partial charge on any atom is 1.00 e. The monoisotopic (exact) mass is 466 g/mol. The summed E-state index contributed by atoms with van der Waals surface area (Å²) in [5.41, 5.74) is 2.54. The Bertz CT molecular complexity index is 1330. The van der Waals surface area contributed by atoms with Gasteiger partial charge in [0.15, 0.2) is 0 Å². The molecule has 0 unspecified atom stereocenters. The van der Waals surface area contributed by atoms with Crippen molar-refractivity contribution >= 4 is 32.9 Å². The second-order valence-electron chi connectivity index (χ2n) is 6.60. The molecule has 0 fully saturated rings. The van der Waals surface area contributed by atoms with E-state index in [1.807, 2.05) is 60.7 Å². The van der Waals surface area contributed by atoms with E-state index in [0.29, 0.717) is 17.1 Å². The third-order valence-corrected chi connectivity index (χ3v) is 5.50. The van der Waals surface area contributed by atoms with Crippen molar-refractivity contribution in [1.29, 1.82) is 0 Å². The molecule has 0 amide bonds. The van der Waals surface area contributed by atoms with Crippen LogP contribution in [0.2, 0.25) is 0 Å². The number of rotatable bonds is 7. The summed E-state index contributed by atoms with van der Waals surface area (Å²) in [5, 5.41) is 16.5. The minimum atomic E-state index is -3.99. The van der Waals surface area contributed by atoms with Crippen molar-refractivity contribution < 1.29 is 43.6 Å². The van der Waals surface area contributed by atoms with E-state index in [2.05, 4.69) is 20.5 Å². The topological polar surface area (TPSA) is 92.8 Å². The van der Waals surface area contributed by atoms with Gasteiger partial charge in [-0.15, -0.1) is 0 Å². The molecule has 0 radical (unpaired) electrons. The summed E-state index contributed by atoms with van der Waals surface area (Å²) in [6.45, 7) is 0. The van der Waals surface area contributed by atoms with Gasteiger partial charge in [0.05, 0.1) is 22.7 Å². The van der Waals surface area contributed by atoms with Crippen LogP contribution in [0.15, 0.2) is 135 Å². The molecule has 33 heavy (non-hydrogen) atoms. The number of azo groups is 2. The van der Waals surface area contributed by atoms with E-state index in [0.717, 1.165) is 5.69 Å². The predicted molar refractivity (Wildman–Crippen MR) is 123 cm³/mol. The maximum atomic E-state index is 12.6. The summed E-state index contributed by atoms with van der Waals surface area (Å²) in [4.78, 5) is 0.0176. The molecule has 4 aromatic rings. The molecule has 9 heteroatoms. The Balaban J connectivity index is 0.00000204. The fourth-order valence-electron chi connectivity index (χ4n) is 2.64. The Morgan fingerprint density at radius 1 is 0.515 bits per heavy atom. The van der Waals surface area contributed by atoms with E-state index >= 15 is 0 Å². The summed E-state index contributed by atoms with van der Waals surface area (Å²) in [5.74, 6) is 0.177. The second kappa shape index (κ2) is 11.6. The van der Waals surface area contributed by atoms with Gasteiger partial charge in [-0.3, -0.25) is 0 Å². The van der Waals surface area contributed by atoms with Crippen LogP contribution in [0.25, 0.3) is 0 Å². The van der Waals surface area contributed by atoms with Crippen molar-refractivity contribution in [2.45, 2.75) is 4.90 Å². The molecular formula is C24H19N4NaO3S. The zero-order chi connectivity index (χ0) is 22.2. The molecule has 7 nitrogen and oxygen atoms in total. The van der Waals surface area contributed by atoms with Gasteiger partial charge in [-0.1, -0.05) is 36.4 Å². The molecule has 4 rings (SSSR count). The maximum absolute atomic E-state index is 12.6. The van der Waals surface area contributed by atoms with E-state index in [9.17, 15) is 8.42 Å². The molecule has 0 heterocycles. The zero-order valence-corrected chi connectivity index (χ0v) is 20.6. The molecule has 0 bridgehead atoms. The first-order valence-corrected chi connectivity index (χ1v) is 11.1. The standard InChI is InChI=1S/C24H18N4O3S.Na.H/c29-32(30,24-17-13-22(14-18-24)28-26-20-9-5-2-6-10-20)31-23-15-11-21(12-16-23)27-25-19-7-3-1-4-8-19;;/h1-18H;;/q;+1;-1. The van der Waals surface area contributed by atoms with Crippen LogP contribution < -0.4 is 33.7 Å². The van der Waals surface area contributed by atoms with E-state index in [-0.39, 0.29) is 41.6 Å². The first kappa shape index (κ1) is 24.5. The Kier molecular flexibility index (Phi) is 8.62. The van der Waals surface area contributed by atoms with Gasteiger partial charge in [-0.2, -0.15) is 28.9 Å². The Labute approximate surface area is 215 Å². The van der Waals surface area contributed by atoms with E-state index < -0.39 is 10.1 Å². The SMILES string of the molecule is O=S(=O)(Oc1ccc(N=Nc2ccccc2)cc1)c1ccc(N=Nc2ccccc2)cc1.[H-].[Na+]. The summed E-state index contributed by atoms with van der Waals surface area (Å²) < 4.78 is 30.4. The van der Waals surface area contributed by atoms with Gasteiger partial charge in [0.25, 0.3) is 0 Å². The summed E-state index contributed by atoms with van der Waals surface area (Å²) >= 11 is 0. The van der Waals surface area contributed by atoms with Gasteiger partial charge >= 0.3 is 39.7 Å². The van der Waals surface area contributed by atoms with Gasteiger partial charge in [0.2, 0.25) is 0 Å². The minimum Gasteiger partial charge on any atom is -1.00 e. The van der Waals surface area contributed by atoms with Gasteiger partial charge < -0.3 is 5.61 Å². The van der Waals surface area contributed by atoms with Crippen molar-refractivity contribution in [1.82, 2.24) is 0 Å².